The third-order valence-electron chi connectivity index (χ3n) is 4.48. The summed E-state index contributed by atoms with van der Waals surface area (Å²) in [5.41, 5.74) is 7.21. The van der Waals surface area contributed by atoms with Gasteiger partial charge in [-0.05, 0) is 43.1 Å². The molecule has 2 saturated heterocycles. The molecular formula is C15H20ClN3O2. The van der Waals surface area contributed by atoms with E-state index in [0.29, 0.717) is 16.8 Å². The second kappa shape index (κ2) is 5.83. The minimum absolute atomic E-state index is 0.415. The number of hydrogen-bond acceptors (Lipinski definition) is 4. The van der Waals surface area contributed by atoms with Gasteiger partial charge in [-0.25, -0.2) is 4.79 Å². The first-order valence-corrected chi connectivity index (χ1v) is 7.63. The number of hydrogen-bond donors (Lipinski definition) is 1. The molecule has 2 aliphatic heterocycles. The number of benzene rings is 1. The molecule has 1 aromatic carbocycles. The Kier molecular flexibility index (Phi) is 4.06. The molecule has 2 atom stereocenters. The number of carbonyl (C=O) groups excluding carboxylic acids is 1. The fourth-order valence-corrected chi connectivity index (χ4v) is 3.47. The molecule has 2 unspecified atom stereocenters. The van der Waals surface area contributed by atoms with Crippen molar-refractivity contribution in [3.8, 4) is 5.75 Å². The Morgan fingerprint density at radius 1 is 1.43 bits per heavy atom. The summed E-state index contributed by atoms with van der Waals surface area (Å²) in [6.07, 6.45) is 0.412. The van der Waals surface area contributed by atoms with Crippen LogP contribution in [0.3, 0.4) is 0 Å². The van der Waals surface area contributed by atoms with Gasteiger partial charge >= 0.3 is 6.09 Å². The molecule has 0 aliphatic carbocycles. The predicted molar refractivity (Wildman–Crippen MR) is 81.7 cm³/mol. The van der Waals surface area contributed by atoms with Crippen LogP contribution in [0.1, 0.15) is 17.5 Å². The number of carbonyl (C=O) groups is 1. The smallest absolute Gasteiger partial charge is 0.409 e. The van der Waals surface area contributed by atoms with Crippen LogP contribution >= 0.6 is 11.6 Å². The summed E-state index contributed by atoms with van der Waals surface area (Å²) < 4.78 is 4.97. The summed E-state index contributed by atoms with van der Waals surface area (Å²) >= 11 is 6.24. The molecule has 114 valence electrons. The van der Waals surface area contributed by atoms with Crippen molar-refractivity contribution in [2.45, 2.75) is 25.9 Å². The maximum Gasteiger partial charge on any atom is 0.409 e. The minimum atomic E-state index is -0.815. The van der Waals surface area contributed by atoms with E-state index in [4.69, 9.17) is 22.1 Å². The lowest BCUT2D eigenvalue weighted by Crippen LogP contribution is -2.46. The van der Waals surface area contributed by atoms with Crippen molar-refractivity contribution in [3.05, 3.63) is 28.3 Å². The number of primary amides is 1. The summed E-state index contributed by atoms with van der Waals surface area (Å²) in [5, 5.41) is 0.605. The van der Waals surface area contributed by atoms with E-state index < -0.39 is 6.09 Å². The van der Waals surface area contributed by atoms with E-state index in [0.717, 1.165) is 37.3 Å². The Bertz CT molecular complexity index is 564. The highest BCUT2D eigenvalue weighted by Crippen LogP contribution is 2.29. The average Bonchev–Trinajstić information content (AvgIpc) is 2.80. The van der Waals surface area contributed by atoms with Crippen LogP contribution < -0.4 is 10.5 Å². The van der Waals surface area contributed by atoms with Crippen molar-refractivity contribution in [1.29, 1.82) is 0 Å². The van der Waals surface area contributed by atoms with Crippen LogP contribution in [0.4, 0.5) is 4.79 Å². The predicted octanol–water partition coefficient (Wildman–Crippen LogP) is 2.00. The Hall–Kier alpha value is -1.30. The normalized spacial score (nSPS) is 25.0. The number of nitrogens with zero attached hydrogens (tertiary/aromatic N) is 2. The first-order valence-electron chi connectivity index (χ1n) is 7.25. The lowest BCUT2D eigenvalue weighted by molar-refractivity contribution is 0.128. The molecule has 2 heterocycles. The van der Waals surface area contributed by atoms with Crippen LogP contribution in [0.25, 0.3) is 0 Å². The van der Waals surface area contributed by atoms with Crippen LogP contribution in [0, 0.1) is 6.92 Å². The Balaban J connectivity index is 1.80. The lowest BCUT2D eigenvalue weighted by Gasteiger charge is -2.34. The van der Waals surface area contributed by atoms with Gasteiger partial charge in [0.25, 0.3) is 0 Å². The van der Waals surface area contributed by atoms with E-state index in [-0.39, 0.29) is 0 Å². The lowest BCUT2D eigenvalue weighted by atomic mass is 10.1. The molecule has 0 aromatic heterocycles. The third-order valence-corrected chi connectivity index (χ3v) is 4.88. The van der Waals surface area contributed by atoms with Gasteiger partial charge in [0.05, 0.1) is 0 Å². The Morgan fingerprint density at radius 2 is 2.24 bits per heavy atom. The molecule has 21 heavy (non-hydrogen) atoms. The van der Waals surface area contributed by atoms with Crippen molar-refractivity contribution in [2.75, 3.05) is 26.2 Å². The molecular weight excluding hydrogens is 290 g/mol. The van der Waals surface area contributed by atoms with Gasteiger partial charge in [0.1, 0.15) is 5.75 Å². The summed E-state index contributed by atoms with van der Waals surface area (Å²) in [5.74, 6) is 0.415. The highest BCUT2D eigenvalue weighted by molar-refractivity contribution is 6.31. The molecule has 2 bridgehead atoms. The van der Waals surface area contributed by atoms with Crippen LogP contribution in [0.2, 0.25) is 5.02 Å². The van der Waals surface area contributed by atoms with Crippen molar-refractivity contribution in [3.63, 3.8) is 0 Å². The number of amides is 1. The summed E-state index contributed by atoms with van der Waals surface area (Å²) in [6.45, 7) is 7.38. The summed E-state index contributed by atoms with van der Waals surface area (Å²) in [4.78, 5) is 15.9. The van der Waals surface area contributed by atoms with Crippen LogP contribution in [-0.4, -0.2) is 48.1 Å². The fraction of sp³-hybridized carbons (Fsp3) is 0.533. The first-order chi connectivity index (χ1) is 10.0. The average molecular weight is 310 g/mol. The van der Waals surface area contributed by atoms with Crippen LogP contribution in [-0.2, 0) is 6.54 Å². The maximum atomic E-state index is 10.9. The number of ether oxygens (including phenoxy) is 1. The second-order valence-electron chi connectivity index (χ2n) is 5.82. The van der Waals surface area contributed by atoms with Crippen molar-refractivity contribution >= 4 is 17.7 Å². The number of halogens is 1. The zero-order valence-electron chi connectivity index (χ0n) is 12.1. The number of rotatable bonds is 3. The molecule has 1 aromatic rings. The van der Waals surface area contributed by atoms with E-state index >= 15 is 0 Å². The molecule has 6 heteroatoms. The molecule has 0 radical (unpaired) electrons. The van der Waals surface area contributed by atoms with E-state index in [1.807, 2.05) is 13.0 Å². The molecule has 1 amide bonds. The van der Waals surface area contributed by atoms with E-state index in [1.165, 1.54) is 13.0 Å². The standard InChI is InChI=1S/C15H20ClN3O2/c1-10-11(6-13(7-14(10)16)21-15(17)20)8-19-5-4-18-3-2-12(19)9-18/h6-7,12H,2-5,8-9H2,1H3,(H2,17,20). The highest BCUT2D eigenvalue weighted by atomic mass is 35.5. The van der Waals surface area contributed by atoms with E-state index in [2.05, 4.69) is 9.80 Å². The van der Waals surface area contributed by atoms with Gasteiger partial charge in [0.2, 0.25) is 0 Å². The third kappa shape index (κ3) is 3.15. The SMILES string of the molecule is Cc1c(Cl)cc(OC(N)=O)cc1CN1CCN2CCC1C2. The Labute approximate surface area is 129 Å². The molecule has 0 saturated carbocycles. The summed E-state index contributed by atoms with van der Waals surface area (Å²) in [6, 6.07) is 4.13. The van der Waals surface area contributed by atoms with Gasteiger partial charge in [-0.1, -0.05) is 11.6 Å². The zero-order chi connectivity index (χ0) is 15.0. The van der Waals surface area contributed by atoms with Gasteiger partial charge in [-0.15, -0.1) is 0 Å². The molecule has 0 spiro atoms. The van der Waals surface area contributed by atoms with Gasteiger partial charge < -0.3 is 15.4 Å². The van der Waals surface area contributed by atoms with Crippen molar-refractivity contribution in [1.82, 2.24) is 9.80 Å². The molecule has 2 aliphatic rings. The van der Waals surface area contributed by atoms with Crippen molar-refractivity contribution in [2.24, 2.45) is 5.73 Å². The fourth-order valence-electron chi connectivity index (χ4n) is 3.24. The monoisotopic (exact) mass is 309 g/mol. The van der Waals surface area contributed by atoms with Gasteiger partial charge in [0, 0.05) is 37.2 Å². The summed E-state index contributed by atoms with van der Waals surface area (Å²) in [7, 11) is 0. The van der Waals surface area contributed by atoms with E-state index in [1.54, 1.807) is 6.07 Å². The number of fused-ring (bicyclic) bond motifs is 2. The largest absolute Gasteiger partial charge is 0.410 e. The van der Waals surface area contributed by atoms with Gasteiger partial charge in [0.15, 0.2) is 0 Å². The van der Waals surface area contributed by atoms with Crippen LogP contribution in [0.15, 0.2) is 12.1 Å². The number of nitrogens with two attached hydrogens (primary N) is 1. The number of piperazine rings is 1. The highest BCUT2D eigenvalue weighted by Gasteiger charge is 2.32. The van der Waals surface area contributed by atoms with Gasteiger partial charge in [-0.3, -0.25) is 4.90 Å². The zero-order valence-corrected chi connectivity index (χ0v) is 12.9. The van der Waals surface area contributed by atoms with Gasteiger partial charge in [-0.2, -0.15) is 0 Å². The van der Waals surface area contributed by atoms with Crippen LogP contribution in [0.5, 0.6) is 5.75 Å². The molecule has 2 fully saturated rings. The Morgan fingerprint density at radius 3 is 3.00 bits per heavy atom. The second-order valence-corrected chi connectivity index (χ2v) is 6.23. The van der Waals surface area contributed by atoms with Crippen molar-refractivity contribution < 1.29 is 9.53 Å². The van der Waals surface area contributed by atoms with E-state index in [9.17, 15) is 4.79 Å². The quantitative estimate of drug-likeness (QED) is 0.928. The topological polar surface area (TPSA) is 58.8 Å². The maximum absolute atomic E-state index is 10.9. The molecule has 5 nitrogen and oxygen atoms in total. The molecule has 3 rings (SSSR count). The molecule has 2 N–H and O–H groups in total. The minimum Gasteiger partial charge on any atom is -0.410 e. The first kappa shape index (κ1) is 14.6.